The Morgan fingerprint density at radius 2 is 1.94 bits per heavy atom. The number of hydrogen-bond acceptors (Lipinski definition) is 6. The zero-order chi connectivity index (χ0) is 25.7. The van der Waals surface area contributed by atoms with Crippen molar-refractivity contribution in [2.45, 2.75) is 55.3 Å². The Labute approximate surface area is 212 Å². The van der Waals surface area contributed by atoms with Gasteiger partial charge in [0.15, 0.2) is 0 Å². The summed E-state index contributed by atoms with van der Waals surface area (Å²) in [5.41, 5.74) is -0.574. The molecule has 0 spiro atoms. The molecule has 1 saturated carbocycles. The van der Waals surface area contributed by atoms with Crippen molar-refractivity contribution in [2.24, 2.45) is 5.92 Å². The second-order valence-electron chi connectivity index (χ2n) is 9.16. The molecule has 4 rings (SSSR count). The second-order valence-corrected chi connectivity index (χ2v) is 10.8. The standard InChI is InChI=1S/C26H28F2N4O3S/c1-18(26(33,15-31-17-29-16-30-31)24-13-8-21(27)14-25(24)28)36-23-11-6-20(7-12-23)3-2-19-4-9-22(10-5-19)32(34)35/h2-5,8-10,13-14,16-18,20,23,33H,6-7,11-12,15H2,1H3/b3-2+. The van der Waals surface area contributed by atoms with E-state index in [2.05, 4.69) is 16.2 Å². The van der Waals surface area contributed by atoms with E-state index < -0.39 is 22.2 Å². The van der Waals surface area contributed by atoms with Crippen LogP contribution in [0.3, 0.4) is 0 Å². The van der Waals surface area contributed by atoms with E-state index in [1.165, 1.54) is 35.5 Å². The predicted octanol–water partition coefficient (Wildman–Crippen LogP) is 5.75. The molecular weight excluding hydrogens is 486 g/mol. The fraction of sp³-hybridized carbons (Fsp3) is 0.385. The molecule has 0 amide bonds. The molecular formula is C26H28F2N4O3S. The molecule has 0 saturated heterocycles. The first kappa shape index (κ1) is 26.0. The van der Waals surface area contributed by atoms with E-state index in [9.17, 15) is 24.0 Å². The van der Waals surface area contributed by atoms with Crippen LogP contribution in [0.1, 0.15) is 43.7 Å². The predicted molar refractivity (Wildman–Crippen MR) is 135 cm³/mol. The third-order valence-electron chi connectivity index (χ3n) is 6.72. The van der Waals surface area contributed by atoms with Gasteiger partial charge in [0.2, 0.25) is 0 Å². The lowest BCUT2D eigenvalue weighted by molar-refractivity contribution is -0.384. The molecule has 7 nitrogen and oxygen atoms in total. The van der Waals surface area contributed by atoms with Gasteiger partial charge in [-0.2, -0.15) is 16.9 Å². The summed E-state index contributed by atoms with van der Waals surface area (Å²) in [4.78, 5) is 14.3. The maximum atomic E-state index is 14.8. The molecule has 1 heterocycles. The number of rotatable bonds is 9. The smallest absolute Gasteiger partial charge is 0.269 e. The number of aromatic nitrogens is 3. The van der Waals surface area contributed by atoms with Gasteiger partial charge >= 0.3 is 0 Å². The van der Waals surface area contributed by atoms with Crippen LogP contribution in [0.15, 0.2) is 61.2 Å². The van der Waals surface area contributed by atoms with Gasteiger partial charge in [-0.05, 0) is 55.4 Å². The van der Waals surface area contributed by atoms with Crippen LogP contribution in [0, 0.1) is 27.7 Å². The molecule has 1 fully saturated rings. The first-order valence-corrected chi connectivity index (χ1v) is 12.8. The first-order chi connectivity index (χ1) is 17.2. The zero-order valence-corrected chi connectivity index (χ0v) is 20.7. The molecule has 190 valence electrons. The van der Waals surface area contributed by atoms with Crippen molar-refractivity contribution in [1.29, 1.82) is 0 Å². The molecule has 2 aromatic carbocycles. The summed E-state index contributed by atoms with van der Waals surface area (Å²) in [5.74, 6) is -1.08. The monoisotopic (exact) mass is 514 g/mol. The van der Waals surface area contributed by atoms with Crippen molar-refractivity contribution >= 4 is 23.5 Å². The highest BCUT2D eigenvalue weighted by Crippen LogP contribution is 2.42. The van der Waals surface area contributed by atoms with E-state index in [1.54, 1.807) is 23.9 Å². The van der Waals surface area contributed by atoms with Gasteiger partial charge in [0.1, 0.15) is 29.9 Å². The van der Waals surface area contributed by atoms with Crippen LogP contribution < -0.4 is 0 Å². The highest BCUT2D eigenvalue weighted by molar-refractivity contribution is 8.00. The summed E-state index contributed by atoms with van der Waals surface area (Å²) in [5, 5.41) is 26.5. The molecule has 0 radical (unpaired) electrons. The fourth-order valence-electron chi connectivity index (χ4n) is 4.61. The van der Waals surface area contributed by atoms with Gasteiger partial charge in [0, 0.05) is 34.3 Å². The quantitative estimate of drug-likeness (QED) is 0.289. The van der Waals surface area contributed by atoms with E-state index >= 15 is 0 Å². The lowest BCUT2D eigenvalue weighted by Gasteiger charge is -2.37. The van der Waals surface area contributed by atoms with E-state index in [1.807, 2.05) is 13.0 Å². The Kier molecular flexibility index (Phi) is 8.15. The van der Waals surface area contributed by atoms with Crippen LogP contribution in [0.4, 0.5) is 14.5 Å². The lowest BCUT2D eigenvalue weighted by atomic mass is 9.88. The number of non-ortho nitro benzene ring substituents is 1. The average molecular weight is 515 g/mol. The number of thioether (sulfide) groups is 1. The summed E-state index contributed by atoms with van der Waals surface area (Å²) < 4.78 is 29.8. The number of halogens is 2. The van der Waals surface area contributed by atoms with Crippen LogP contribution >= 0.6 is 11.8 Å². The van der Waals surface area contributed by atoms with Crippen molar-refractivity contribution < 1.29 is 18.8 Å². The number of nitro groups is 1. The number of nitro benzene ring substituents is 1. The van der Waals surface area contributed by atoms with Crippen LogP contribution in [-0.4, -0.2) is 35.3 Å². The van der Waals surface area contributed by atoms with Gasteiger partial charge in [-0.3, -0.25) is 10.1 Å². The van der Waals surface area contributed by atoms with Crippen LogP contribution in [-0.2, 0) is 12.1 Å². The summed E-state index contributed by atoms with van der Waals surface area (Å²) in [6.07, 6.45) is 10.8. The van der Waals surface area contributed by atoms with Gasteiger partial charge in [-0.1, -0.05) is 25.1 Å². The third-order valence-corrected chi connectivity index (χ3v) is 8.37. The Morgan fingerprint density at radius 3 is 2.56 bits per heavy atom. The number of hydrogen-bond donors (Lipinski definition) is 1. The highest BCUT2D eigenvalue weighted by Gasteiger charge is 2.41. The van der Waals surface area contributed by atoms with Crippen LogP contribution in [0.5, 0.6) is 0 Å². The van der Waals surface area contributed by atoms with Gasteiger partial charge < -0.3 is 5.11 Å². The summed E-state index contributed by atoms with van der Waals surface area (Å²) >= 11 is 1.62. The molecule has 1 aromatic heterocycles. The Hall–Kier alpha value is -3.11. The molecule has 0 bridgehead atoms. The maximum absolute atomic E-state index is 14.8. The van der Waals surface area contributed by atoms with Gasteiger partial charge in [-0.15, -0.1) is 0 Å². The third kappa shape index (κ3) is 6.17. The Bertz CT molecular complexity index is 1200. The van der Waals surface area contributed by atoms with Gasteiger partial charge in [0.05, 0.1) is 11.5 Å². The molecule has 1 aliphatic carbocycles. The summed E-state index contributed by atoms with van der Waals surface area (Å²) in [7, 11) is 0. The molecule has 3 aromatic rings. The summed E-state index contributed by atoms with van der Waals surface area (Å²) in [6.45, 7) is 1.86. The van der Waals surface area contributed by atoms with Gasteiger partial charge in [-0.25, -0.2) is 18.4 Å². The van der Waals surface area contributed by atoms with Crippen LogP contribution in [0.2, 0.25) is 0 Å². The topological polar surface area (TPSA) is 94.1 Å². The zero-order valence-electron chi connectivity index (χ0n) is 19.8. The molecule has 36 heavy (non-hydrogen) atoms. The van der Waals surface area contributed by atoms with Crippen molar-refractivity contribution in [2.75, 3.05) is 0 Å². The molecule has 0 aliphatic heterocycles. The van der Waals surface area contributed by atoms with E-state index in [4.69, 9.17) is 0 Å². The minimum Gasteiger partial charge on any atom is -0.382 e. The SMILES string of the molecule is CC(SC1CCC(/C=C/c2ccc([N+](=O)[O-])cc2)CC1)C(O)(Cn1cncn1)c1ccc(F)cc1F. The number of benzene rings is 2. The fourth-order valence-corrected chi connectivity index (χ4v) is 6.16. The minimum absolute atomic E-state index is 0.00294. The van der Waals surface area contributed by atoms with Crippen molar-refractivity contribution in [3.63, 3.8) is 0 Å². The van der Waals surface area contributed by atoms with Crippen molar-refractivity contribution in [1.82, 2.24) is 14.8 Å². The molecule has 2 atom stereocenters. The van der Waals surface area contributed by atoms with Crippen LogP contribution in [0.25, 0.3) is 6.08 Å². The number of nitrogens with zero attached hydrogens (tertiary/aromatic N) is 4. The Morgan fingerprint density at radius 1 is 1.22 bits per heavy atom. The van der Waals surface area contributed by atoms with E-state index in [0.717, 1.165) is 43.4 Å². The Balaban J connectivity index is 1.39. The summed E-state index contributed by atoms with van der Waals surface area (Å²) in [6, 6.07) is 9.73. The van der Waals surface area contributed by atoms with E-state index in [0.29, 0.717) is 5.92 Å². The number of allylic oxidation sites excluding steroid dienone is 1. The second kappa shape index (κ2) is 11.3. The maximum Gasteiger partial charge on any atom is 0.269 e. The number of aliphatic hydroxyl groups is 1. The van der Waals surface area contributed by atoms with E-state index in [-0.39, 0.29) is 28.3 Å². The first-order valence-electron chi connectivity index (χ1n) is 11.8. The molecule has 1 N–H and O–H groups in total. The van der Waals surface area contributed by atoms with Gasteiger partial charge in [0.25, 0.3) is 5.69 Å². The average Bonchev–Trinajstić information content (AvgIpc) is 3.36. The lowest BCUT2D eigenvalue weighted by Crippen LogP contribution is -2.42. The molecule has 1 aliphatic rings. The largest absolute Gasteiger partial charge is 0.382 e. The molecule has 10 heteroatoms. The minimum atomic E-state index is -1.61. The molecule has 2 unspecified atom stereocenters. The van der Waals surface area contributed by atoms with Crippen molar-refractivity contribution in [3.8, 4) is 0 Å². The normalized spacial score (nSPS) is 20.8. The highest BCUT2D eigenvalue weighted by atomic mass is 32.2. The van der Waals surface area contributed by atoms with Crippen molar-refractivity contribution in [3.05, 3.63) is 94.1 Å².